The second kappa shape index (κ2) is 12.1. The molecule has 34 heavy (non-hydrogen) atoms. The van der Waals surface area contributed by atoms with Gasteiger partial charge in [0, 0.05) is 25.1 Å². The van der Waals surface area contributed by atoms with E-state index < -0.39 is 10.0 Å². The van der Waals surface area contributed by atoms with E-state index in [4.69, 9.17) is 9.47 Å². The number of halogens is 1. The summed E-state index contributed by atoms with van der Waals surface area (Å²) in [5, 5.41) is 1.91. The molecule has 0 spiro atoms. The molecule has 182 valence electrons. The van der Waals surface area contributed by atoms with E-state index in [-0.39, 0.29) is 42.9 Å². The van der Waals surface area contributed by atoms with E-state index in [1.54, 1.807) is 29.2 Å². The van der Waals surface area contributed by atoms with Gasteiger partial charge in [-0.2, -0.15) is 4.31 Å². The van der Waals surface area contributed by atoms with Crippen LogP contribution in [0.3, 0.4) is 0 Å². The Morgan fingerprint density at radius 2 is 1.71 bits per heavy atom. The normalized spacial score (nSPS) is 11.5. The molecule has 7 nitrogen and oxygen atoms in total. The van der Waals surface area contributed by atoms with Crippen LogP contribution in [0.15, 0.2) is 70.9 Å². The highest BCUT2D eigenvalue weighted by Gasteiger charge is 2.28. The van der Waals surface area contributed by atoms with Crippen molar-refractivity contribution in [3.8, 4) is 5.75 Å². The Kier molecular flexibility index (Phi) is 9.17. The van der Waals surface area contributed by atoms with Crippen molar-refractivity contribution in [3.05, 3.63) is 82.3 Å². The molecule has 3 rings (SSSR count). The molecule has 1 aromatic heterocycles. The van der Waals surface area contributed by atoms with Crippen molar-refractivity contribution >= 4 is 27.3 Å². The minimum atomic E-state index is -3.96. The first-order valence-corrected chi connectivity index (χ1v) is 12.8. The van der Waals surface area contributed by atoms with Crippen molar-refractivity contribution < 1.29 is 27.1 Å². The van der Waals surface area contributed by atoms with E-state index in [1.807, 2.05) is 17.5 Å². The molecule has 10 heteroatoms. The lowest BCUT2D eigenvalue weighted by Crippen LogP contribution is -2.43. The Labute approximate surface area is 203 Å². The van der Waals surface area contributed by atoms with Crippen LogP contribution in [-0.2, 0) is 32.6 Å². The van der Waals surface area contributed by atoms with Gasteiger partial charge >= 0.3 is 0 Å². The zero-order valence-corrected chi connectivity index (χ0v) is 20.6. The minimum absolute atomic E-state index is 0.0139. The zero-order valence-electron chi connectivity index (χ0n) is 19.0. The summed E-state index contributed by atoms with van der Waals surface area (Å²) in [5.74, 6) is -0.206. The van der Waals surface area contributed by atoms with Crippen LogP contribution in [0.1, 0.15) is 10.4 Å². The van der Waals surface area contributed by atoms with Gasteiger partial charge in [0.1, 0.15) is 11.6 Å². The Morgan fingerprint density at radius 1 is 1.00 bits per heavy atom. The molecule has 1 amide bonds. The molecular formula is C24H27FN2O5S2. The Bertz CT molecular complexity index is 1150. The smallest absolute Gasteiger partial charge is 0.243 e. The van der Waals surface area contributed by atoms with Gasteiger partial charge in [-0.05, 0) is 53.4 Å². The monoisotopic (exact) mass is 506 g/mol. The molecule has 0 radical (unpaired) electrons. The van der Waals surface area contributed by atoms with Crippen LogP contribution in [0.4, 0.5) is 4.39 Å². The molecule has 0 aliphatic rings. The third-order valence-electron chi connectivity index (χ3n) is 5.12. The number of methoxy groups -OCH3 is 2. The summed E-state index contributed by atoms with van der Waals surface area (Å²) < 4.78 is 51.3. The Morgan fingerprint density at radius 3 is 2.29 bits per heavy atom. The lowest BCUT2D eigenvalue weighted by molar-refractivity contribution is -0.132. The Hall–Kier alpha value is -2.79. The first-order valence-electron chi connectivity index (χ1n) is 10.5. The van der Waals surface area contributed by atoms with E-state index in [2.05, 4.69) is 0 Å². The van der Waals surface area contributed by atoms with Gasteiger partial charge in [-0.1, -0.05) is 18.2 Å². The van der Waals surface area contributed by atoms with Gasteiger partial charge in [-0.15, -0.1) is 11.3 Å². The maximum atomic E-state index is 13.4. The number of carbonyl (C=O) groups excluding carboxylic acids is 1. The predicted molar refractivity (Wildman–Crippen MR) is 129 cm³/mol. The summed E-state index contributed by atoms with van der Waals surface area (Å²) in [4.78, 5) is 16.0. The number of ether oxygens (including phenoxy) is 2. The van der Waals surface area contributed by atoms with Crippen molar-refractivity contribution in [2.75, 3.05) is 33.9 Å². The fourth-order valence-electron chi connectivity index (χ4n) is 3.26. The maximum Gasteiger partial charge on any atom is 0.243 e. The fourth-order valence-corrected chi connectivity index (χ4v) is 5.35. The second-order valence-electron chi connectivity index (χ2n) is 7.46. The first-order chi connectivity index (χ1) is 16.3. The minimum Gasteiger partial charge on any atom is -0.497 e. The SMILES string of the molecule is COCCN(CC(=O)N(Cc1ccc(F)cc1)Cc1cccs1)S(=O)(=O)c1ccc(OC)cc1. The highest BCUT2D eigenvalue weighted by atomic mass is 32.2. The number of rotatable bonds is 12. The van der Waals surface area contributed by atoms with Gasteiger partial charge in [0.2, 0.25) is 15.9 Å². The van der Waals surface area contributed by atoms with Gasteiger partial charge < -0.3 is 14.4 Å². The van der Waals surface area contributed by atoms with Crippen LogP contribution in [0.2, 0.25) is 0 Å². The molecule has 2 aromatic carbocycles. The average molecular weight is 507 g/mol. The molecule has 0 atom stereocenters. The highest BCUT2D eigenvalue weighted by Crippen LogP contribution is 2.21. The first kappa shape index (κ1) is 25.8. The molecule has 3 aromatic rings. The number of amides is 1. The number of hydrogen-bond acceptors (Lipinski definition) is 6. The largest absolute Gasteiger partial charge is 0.497 e. The molecule has 0 unspecified atom stereocenters. The maximum absolute atomic E-state index is 13.4. The third-order valence-corrected chi connectivity index (χ3v) is 7.84. The number of carbonyl (C=O) groups is 1. The van der Waals surface area contributed by atoms with Crippen molar-refractivity contribution in [2.45, 2.75) is 18.0 Å². The molecule has 0 aliphatic carbocycles. The van der Waals surface area contributed by atoms with Crippen LogP contribution in [0.25, 0.3) is 0 Å². The van der Waals surface area contributed by atoms with Crippen molar-refractivity contribution in [3.63, 3.8) is 0 Å². The number of thiophene rings is 1. The van der Waals surface area contributed by atoms with Crippen LogP contribution in [0.5, 0.6) is 5.75 Å². The number of nitrogens with zero attached hydrogens (tertiary/aromatic N) is 2. The fraction of sp³-hybridized carbons (Fsp3) is 0.292. The Balaban J connectivity index is 1.84. The lowest BCUT2D eigenvalue weighted by Gasteiger charge is -2.27. The zero-order chi connectivity index (χ0) is 24.6. The molecule has 0 fully saturated rings. The summed E-state index contributed by atoms with van der Waals surface area (Å²) >= 11 is 1.50. The van der Waals surface area contributed by atoms with Gasteiger partial charge in [0.25, 0.3) is 0 Å². The van der Waals surface area contributed by atoms with E-state index in [0.29, 0.717) is 12.3 Å². The molecule has 0 bridgehead atoms. The average Bonchev–Trinajstić information content (AvgIpc) is 3.35. The molecular weight excluding hydrogens is 479 g/mol. The summed E-state index contributed by atoms with van der Waals surface area (Å²) in [6.07, 6.45) is 0. The lowest BCUT2D eigenvalue weighted by atomic mass is 10.2. The van der Waals surface area contributed by atoms with Crippen LogP contribution in [-0.4, -0.2) is 57.4 Å². The molecule has 0 aliphatic heterocycles. The predicted octanol–water partition coefficient (Wildman–Crippen LogP) is 3.76. The number of sulfonamides is 1. The van der Waals surface area contributed by atoms with Crippen LogP contribution >= 0.6 is 11.3 Å². The van der Waals surface area contributed by atoms with E-state index in [1.165, 1.54) is 49.8 Å². The van der Waals surface area contributed by atoms with E-state index in [9.17, 15) is 17.6 Å². The molecule has 1 heterocycles. The second-order valence-corrected chi connectivity index (χ2v) is 10.4. The number of hydrogen-bond donors (Lipinski definition) is 0. The van der Waals surface area contributed by atoms with Crippen molar-refractivity contribution in [2.24, 2.45) is 0 Å². The quantitative estimate of drug-likeness (QED) is 0.374. The summed E-state index contributed by atoms with van der Waals surface area (Å²) in [6, 6.07) is 15.7. The summed E-state index contributed by atoms with van der Waals surface area (Å²) in [5.41, 5.74) is 0.743. The molecule has 0 N–H and O–H groups in total. The van der Waals surface area contributed by atoms with Gasteiger partial charge in [-0.25, -0.2) is 12.8 Å². The van der Waals surface area contributed by atoms with Crippen molar-refractivity contribution in [1.29, 1.82) is 0 Å². The molecule has 0 saturated heterocycles. The van der Waals surface area contributed by atoms with Gasteiger partial charge in [0.15, 0.2) is 0 Å². The number of benzene rings is 2. The van der Waals surface area contributed by atoms with Crippen LogP contribution in [0, 0.1) is 5.82 Å². The van der Waals surface area contributed by atoms with E-state index >= 15 is 0 Å². The highest BCUT2D eigenvalue weighted by molar-refractivity contribution is 7.89. The van der Waals surface area contributed by atoms with Gasteiger partial charge in [-0.3, -0.25) is 4.79 Å². The van der Waals surface area contributed by atoms with E-state index in [0.717, 1.165) is 14.7 Å². The summed E-state index contributed by atoms with van der Waals surface area (Å²) in [6.45, 7) is 0.322. The van der Waals surface area contributed by atoms with Crippen molar-refractivity contribution in [1.82, 2.24) is 9.21 Å². The topological polar surface area (TPSA) is 76.2 Å². The van der Waals surface area contributed by atoms with Crippen LogP contribution < -0.4 is 4.74 Å². The third kappa shape index (κ3) is 6.86. The summed E-state index contributed by atoms with van der Waals surface area (Å²) in [7, 11) is -0.998. The molecule has 0 saturated carbocycles. The van der Waals surface area contributed by atoms with Gasteiger partial charge in [0.05, 0.1) is 31.7 Å². The standard InChI is InChI=1S/C24H27FN2O5S2/c1-31-14-13-27(34(29,30)23-11-9-21(32-2)10-12-23)18-24(28)26(17-22-4-3-15-33-22)16-19-5-7-20(25)8-6-19/h3-12,15H,13-14,16-18H2,1-2H3.